The van der Waals surface area contributed by atoms with Gasteiger partial charge in [0, 0.05) is 13.1 Å². The lowest BCUT2D eigenvalue weighted by atomic mass is 10.1. The van der Waals surface area contributed by atoms with Crippen LogP contribution in [0.25, 0.3) is 0 Å². The van der Waals surface area contributed by atoms with Gasteiger partial charge in [-0.2, -0.15) is 0 Å². The minimum absolute atomic E-state index is 0.296. The average Bonchev–Trinajstić information content (AvgIpc) is 2.80. The maximum absolute atomic E-state index is 11.6. The molecule has 4 N–H and O–H groups in total. The lowest BCUT2D eigenvalue weighted by Gasteiger charge is -2.16. The second-order valence-electron chi connectivity index (χ2n) is 7.54. The predicted octanol–water partition coefficient (Wildman–Crippen LogP) is 2.65. The van der Waals surface area contributed by atoms with Gasteiger partial charge < -0.3 is 10.2 Å². The van der Waals surface area contributed by atoms with Crippen molar-refractivity contribution in [1.29, 1.82) is 0 Å². The van der Waals surface area contributed by atoms with Crippen LogP contribution in [-0.2, 0) is 35.5 Å². The molecular weight excluding hydrogens is 406 g/mol. The summed E-state index contributed by atoms with van der Waals surface area (Å²) >= 11 is 0. The summed E-state index contributed by atoms with van der Waals surface area (Å²) in [6.07, 6.45) is 0.744. The Hall–Kier alpha value is -3.55. The number of aromatic nitrogens is 1. The highest BCUT2D eigenvalue weighted by atomic mass is 16.4. The van der Waals surface area contributed by atoms with Crippen LogP contribution < -0.4 is 10.6 Å². The molecule has 0 saturated heterocycles. The molecule has 2 aromatic carbocycles. The first-order valence-corrected chi connectivity index (χ1v) is 10.5. The SMILES string of the molecule is O=C(O)[C@H](Cc1ccccc1)NCc1cccc(CN[C@@H](Cc2ccccc2)C(=O)O)n1. The van der Waals surface area contributed by atoms with Crippen molar-refractivity contribution in [3.8, 4) is 0 Å². The number of carbonyl (C=O) groups is 2. The van der Waals surface area contributed by atoms with Crippen LogP contribution in [0.1, 0.15) is 22.5 Å². The molecule has 1 aromatic heterocycles. The Kier molecular flexibility index (Phi) is 8.48. The Balaban J connectivity index is 1.56. The van der Waals surface area contributed by atoms with E-state index in [1.54, 1.807) is 0 Å². The van der Waals surface area contributed by atoms with Gasteiger partial charge in [0.05, 0.1) is 11.4 Å². The maximum atomic E-state index is 11.6. The molecule has 7 nitrogen and oxygen atoms in total. The second-order valence-corrected chi connectivity index (χ2v) is 7.54. The van der Waals surface area contributed by atoms with Crippen LogP contribution in [0, 0.1) is 0 Å². The Bertz CT molecular complexity index is 933. The van der Waals surface area contributed by atoms with Gasteiger partial charge in [-0.25, -0.2) is 0 Å². The maximum Gasteiger partial charge on any atom is 0.321 e. The molecule has 0 unspecified atom stereocenters. The van der Waals surface area contributed by atoms with E-state index in [4.69, 9.17) is 0 Å². The predicted molar refractivity (Wildman–Crippen MR) is 121 cm³/mol. The van der Waals surface area contributed by atoms with E-state index in [1.807, 2.05) is 78.9 Å². The number of hydrogen-bond donors (Lipinski definition) is 4. The van der Waals surface area contributed by atoms with Gasteiger partial charge in [-0.05, 0) is 36.1 Å². The van der Waals surface area contributed by atoms with Crippen LogP contribution in [0.15, 0.2) is 78.9 Å². The molecule has 0 aliphatic carbocycles. The zero-order valence-electron chi connectivity index (χ0n) is 17.6. The number of pyridine rings is 1. The molecule has 32 heavy (non-hydrogen) atoms. The minimum Gasteiger partial charge on any atom is -0.480 e. The molecule has 0 amide bonds. The van der Waals surface area contributed by atoms with Gasteiger partial charge in [-0.1, -0.05) is 66.7 Å². The first-order valence-electron chi connectivity index (χ1n) is 10.5. The Labute approximate surface area is 187 Å². The van der Waals surface area contributed by atoms with Crippen LogP contribution in [0.4, 0.5) is 0 Å². The molecule has 3 rings (SSSR count). The number of nitrogens with zero attached hydrogens (tertiary/aromatic N) is 1. The van der Waals surface area contributed by atoms with Crippen molar-refractivity contribution in [3.05, 3.63) is 101 Å². The highest BCUT2D eigenvalue weighted by Gasteiger charge is 2.19. The lowest BCUT2D eigenvalue weighted by molar-refractivity contribution is -0.140. The number of benzene rings is 2. The molecule has 0 saturated carbocycles. The second kappa shape index (κ2) is 11.7. The number of hydrogen-bond acceptors (Lipinski definition) is 5. The van der Waals surface area contributed by atoms with Gasteiger partial charge in [0.15, 0.2) is 0 Å². The van der Waals surface area contributed by atoms with Crippen molar-refractivity contribution in [2.24, 2.45) is 0 Å². The number of carboxylic acids is 2. The van der Waals surface area contributed by atoms with E-state index in [2.05, 4.69) is 15.6 Å². The van der Waals surface area contributed by atoms with E-state index in [-0.39, 0.29) is 0 Å². The molecule has 2 atom stereocenters. The largest absolute Gasteiger partial charge is 0.480 e. The quantitative estimate of drug-likeness (QED) is 0.347. The van der Waals surface area contributed by atoms with Crippen molar-refractivity contribution in [2.75, 3.05) is 0 Å². The normalized spacial score (nSPS) is 12.8. The summed E-state index contributed by atoms with van der Waals surface area (Å²) in [5, 5.41) is 25.2. The average molecular weight is 434 g/mol. The van der Waals surface area contributed by atoms with E-state index in [0.29, 0.717) is 37.3 Å². The van der Waals surface area contributed by atoms with Crippen molar-refractivity contribution in [1.82, 2.24) is 15.6 Å². The molecule has 0 spiro atoms. The first-order chi connectivity index (χ1) is 15.5. The summed E-state index contributed by atoms with van der Waals surface area (Å²) in [7, 11) is 0. The molecular formula is C25H27N3O4. The number of rotatable bonds is 12. The molecule has 0 aliphatic heterocycles. The third-order valence-electron chi connectivity index (χ3n) is 5.09. The molecule has 0 radical (unpaired) electrons. The molecule has 0 bridgehead atoms. The highest BCUT2D eigenvalue weighted by molar-refractivity contribution is 5.74. The third-order valence-corrected chi connectivity index (χ3v) is 5.09. The third kappa shape index (κ3) is 7.30. The van der Waals surface area contributed by atoms with Crippen LogP contribution >= 0.6 is 0 Å². The molecule has 7 heteroatoms. The van der Waals surface area contributed by atoms with Crippen molar-refractivity contribution in [3.63, 3.8) is 0 Å². The van der Waals surface area contributed by atoms with Gasteiger partial charge in [0.25, 0.3) is 0 Å². The van der Waals surface area contributed by atoms with E-state index in [0.717, 1.165) is 11.1 Å². The van der Waals surface area contributed by atoms with Crippen LogP contribution in [0.2, 0.25) is 0 Å². The van der Waals surface area contributed by atoms with Gasteiger partial charge in [-0.3, -0.25) is 25.2 Å². The highest BCUT2D eigenvalue weighted by Crippen LogP contribution is 2.07. The van der Waals surface area contributed by atoms with Crippen molar-refractivity contribution >= 4 is 11.9 Å². The van der Waals surface area contributed by atoms with Gasteiger partial charge in [0.1, 0.15) is 12.1 Å². The summed E-state index contributed by atoms with van der Waals surface area (Å²) in [5.41, 5.74) is 3.27. The molecule has 0 fully saturated rings. The van der Waals surface area contributed by atoms with Gasteiger partial charge in [-0.15, -0.1) is 0 Å². The van der Waals surface area contributed by atoms with Gasteiger partial charge in [0.2, 0.25) is 0 Å². The molecule has 166 valence electrons. The number of carboxylic acid groups (broad SMARTS) is 2. The number of aliphatic carboxylic acids is 2. The molecule has 1 heterocycles. The fourth-order valence-corrected chi connectivity index (χ4v) is 3.37. The first kappa shape index (κ1) is 23.1. The Morgan fingerprint density at radius 2 is 1.06 bits per heavy atom. The Morgan fingerprint density at radius 1 is 0.656 bits per heavy atom. The molecule has 0 aliphatic rings. The van der Waals surface area contributed by atoms with E-state index >= 15 is 0 Å². The zero-order chi connectivity index (χ0) is 22.8. The van der Waals surface area contributed by atoms with E-state index < -0.39 is 24.0 Å². The van der Waals surface area contributed by atoms with Crippen molar-refractivity contribution in [2.45, 2.75) is 38.0 Å². The van der Waals surface area contributed by atoms with Crippen LogP contribution in [-0.4, -0.2) is 39.2 Å². The fourth-order valence-electron chi connectivity index (χ4n) is 3.37. The summed E-state index contributed by atoms with van der Waals surface area (Å²) in [5.74, 6) is -1.84. The van der Waals surface area contributed by atoms with Gasteiger partial charge >= 0.3 is 11.9 Å². The van der Waals surface area contributed by atoms with Crippen molar-refractivity contribution < 1.29 is 19.8 Å². The fraction of sp³-hybridized carbons (Fsp3) is 0.240. The standard InChI is InChI=1S/C25H27N3O4/c29-24(30)22(14-18-8-3-1-4-9-18)26-16-20-12-7-13-21(28-20)17-27-23(25(31)32)15-19-10-5-2-6-11-19/h1-13,22-23,26-27H,14-17H2,(H,29,30)(H,31,32)/t22-,23-/m0/s1. The van der Waals surface area contributed by atoms with Crippen LogP contribution in [0.5, 0.6) is 0 Å². The monoisotopic (exact) mass is 433 g/mol. The number of nitrogens with one attached hydrogen (secondary N) is 2. The lowest BCUT2D eigenvalue weighted by Crippen LogP contribution is -2.39. The summed E-state index contributed by atoms with van der Waals surface area (Å²) in [6, 6.07) is 22.9. The minimum atomic E-state index is -0.920. The van der Waals surface area contributed by atoms with E-state index in [1.165, 1.54) is 0 Å². The topological polar surface area (TPSA) is 112 Å². The smallest absolute Gasteiger partial charge is 0.321 e. The Morgan fingerprint density at radius 3 is 1.44 bits per heavy atom. The van der Waals surface area contributed by atoms with Crippen LogP contribution in [0.3, 0.4) is 0 Å². The summed E-state index contributed by atoms with van der Waals surface area (Å²) < 4.78 is 0. The molecule has 3 aromatic rings. The summed E-state index contributed by atoms with van der Waals surface area (Å²) in [6.45, 7) is 0.591. The van der Waals surface area contributed by atoms with E-state index in [9.17, 15) is 19.8 Å². The zero-order valence-corrected chi connectivity index (χ0v) is 17.6. The summed E-state index contributed by atoms with van der Waals surface area (Å²) in [4.78, 5) is 27.8.